The number of likely N-dealkylation sites (N-methyl/N-ethyl adjacent to an activating group) is 1. The highest BCUT2D eigenvalue weighted by Gasteiger charge is 2.19. The molecule has 0 aliphatic carbocycles. The Hall–Kier alpha value is -0.430. The fourth-order valence-corrected chi connectivity index (χ4v) is 2.03. The zero-order chi connectivity index (χ0) is 9.97. The zero-order valence-electron chi connectivity index (χ0n) is 8.07. The minimum Gasteiger partial charge on any atom is -0.350 e. The monoisotopic (exact) mass is 304 g/mol. The van der Waals surface area contributed by atoms with E-state index < -0.39 is 0 Å². The fourth-order valence-electron chi connectivity index (χ4n) is 1.64. The molecule has 2 rings (SSSR count). The van der Waals surface area contributed by atoms with Gasteiger partial charge < -0.3 is 10.2 Å². The molecular weight excluding hydrogens is 291 g/mol. The van der Waals surface area contributed by atoms with Gasteiger partial charge in [0.2, 0.25) is 5.95 Å². The number of rotatable bonds is 2. The van der Waals surface area contributed by atoms with Crippen molar-refractivity contribution < 1.29 is 0 Å². The van der Waals surface area contributed by atoms with Crippen LogP contribution in [0.5, 0.6) is 0 Å². The molecule has 1 N–H and O–H groups in total. The zero-order valence-corrected chi connectivity index (χ0v) is 10.2. The largest absolute Gasteiger partial charge is 0.350 e. The van der Waals surface area contributed by atoms with Gasteiger partial charge in [0, 0.05) is 18.8 Å². The van der Waals surface area contributed by atoms with Crippen molar-refractivity contribution in [2.45, 2.75) is 12.5 Å². The maximum atomic E-state index is 4.31. The van der Waals surface area contributed by atoms with E-state index in [0.29, 0.717) is 6.04 Å². The second-order valence-corrected chi connectivity index (χ2v) is 4.70. The predicted molar refractivity (Wildman–Crippen MR) is 64.3 cm³/mol. The van der Waals surface area contributed by atoms with Crippen LogP contribution in [0.2, 0.25) is 0 Å². The molecule has 1 atom stereocenters. The molecular formula is C9H13IN4. The van der Waals surface area contributed by atoms with Crippen LogP contribution in [0.25, 0.3) is 0 Å². The molecule has 1 aromatic rings. The maximum absolute atomic E-state index is 4.31. The first-order chi connectivity index (χ1) is 6.74. The van der Waals surface area contributed by atoms with Gasteiger partial charge in [0.1, 0.15) is 3.70 Å². The van der Waals surface area contributed by atoms with Crippen LogP contribution < -0.4 is 5.32 Å². The van der Waals surface area contributed by atoms with Crippen LogP contribution in [0.1, 0.15) is 6.42 Å². The summed E-state index contributed by atoms with van der Waals surface area (Å²) >= 11 is 2.19. The number of aromatic nitrogens is 2. The SMILES string of the molecule is CN1CCC(Nc2nccc(I)n2)C1. The van der Waals surface area contributed by atoms with Gasteiger partial charge in [-0.3, -0.25) is 0 Å². The Morgan fingerprint density at radius 3 is 3.14 bits per heavy atom. The number of hydrogen-bond donors (Lipinski definition) is 1. The Morgan fingerprint density at radius 2 is 2.50 bits per heavy atom. The van der Waals surface area contributed by atoms with Gasteiger partial charge in [-0.1, -0.05) is 0 Å². The second kappa shape index (κ2) is 4.39. The second-order valence-electron chi connectivity index (χ2n) is 3.60. The molecule has 5 heteroatoms. The molecule has 4 nitrogen and oxygen atoms in total. The van der Waals surface area contributed by atoms with Crippen LogP contribution in [0.15, 0.2) is 12.3 Å². The van der Waals surface area contributed by atoms with Gasteiger partial charge in [0.15, 0.2) is 0 Å². The number of hydrogen-bond acceptors (Lipinski definition) is 4. The van der Waals surface area contributed by atoms with Crippen molar-refractivity contribution in [3.8, 4) is 0 Å². The van der Waals surface area contributed by atoms with Gasteiger partial charge in [-0.15, -0.1) is 0 Å². The van der Waals surface area contributed by atoms with E-state index in [9.17, 15) is 0 Å². The maximum Gasteiger partial charge on any atom is 0.223 e. The van der Waals surface area contributed by atoms with Crippen molar-refractivity contribution in [1.29, 1.82) is 0 Å². The molecule has 0 amide bonds. The minimum atomic E-state index is 0.498. The summed E-state index contributed by atoms with van der Waals surface area (Å²) in [5, 5.41) is 3.34. The summed E-state index contributed by atoms with van der Waals surface area (Å²) in [6.45, 7) is 2.23. The van der Waals surface area contributed by atoms with E-state index in [1.54, 1.807) is 6.20 Å². The lowest BCUT2D eigenvalue weighted by molar-refractivity contribution is 0.414. The Balaban J connectivity index is 1.97. The number of likely N-dealkylation sites (tertiary alicyclic amines) is 1. The Labute approximate surface area is 97.3 Å². The smallest absolute Gasteiger partial charge is 0.223 e. The van der Waals surface area contributed by atoms with Crippen LogP contribution in [0.3, 0.4) is 0 Å². The van der Waals surface area contributed by atoms with Crippen LogP contribution in [0.4, 0.5) is 5.95 Å². The van der Waals surface area contributed by atoms with Crippen molar-refractivity contribution >= 4 is 28.5 Å². The third-order valence-corrected chi connectivity index (χ3v) is 2.95. The quantitative estimate of drug-likeness (QED) is 0.658. The van der Waals surface area contributed by atoms with E-state index in [4.69, 9.17) is 0 Å². The van der Waals surface area contributed by atoms with Gasteiger partial charge in [-0.2, -0.15) is 0 Å². The van der Waals surface area contributed by atoms with E-state index >= 15 is 0 Å². The molecule has 0 spiro atoms. The highest BCUT2D eigenvalue weighted by molar-refractivity contribution is 14.1. The lowest BCUT2D eigenvalue weighted by Gasteiger charge is -2.12. The molecule has 0 radical (unpaired) electrons. The molecule has 2 heterocycles. The highest BCUT2D eigenvalue weighted by Crippen LogP contribution is 2.11. The molecule has 14 heavy (non-hydrogen) atoms. The van der Waals surface area contributed by atoms with Crippen molar-refractivity contribution in [3.63, 3.8) is 0 Å². The molecule has 1 aliphatic rings. The van der Waals surface area contributed by atoms with E-state index in [2.05, 4.69) is 49.8 Å². The predicted octanol–water partition coefficient (Wildman–Crippen LogP) is 1.20. The molecule has 1 saturated heterocycles. The standard InChI is InChI=1S/C9H13IN4/c1-14-5-3-7(6-14)12-9-11-4-2-8(10)13-9/h2,4,7H,3,5-6H2,1H3,(H,11,12,13). The minimum absolute atomic E-state index is 0.498. The van der Waals surface area contributed by atoms with Gasteiger partial charge >= 0.3 is 0 Å². The summed E-state index contributed by atoms with van der Waals surface area (Å²) in [5.74, 6) is 0.747. The first-order valence-corrected chi connectivity index (χ1v) is 5.75. The molecule has 76 valence electrons. The molecule has 1 unspecified atom stereocenters. The Morgan fingerprint density at radius 1 is 1.64 bits per heavy atom. The summed E-state index contributed by atoms with van der Waals surface area (Å²) < 4.78 is 0.978. The average Bonchev–Trinajstić information content (AvgIpc) is 2.51. The molecule has 0 aromatic carbocycles. The third-order valence-electron chi connectivity index (χ3n) is 2.35. The van der Waals surface area contributed by atoms with Gasteiger partial charge in [0.05, 0.1) is 0 Å². The fraction of sp³-hybridized carbons (Fsp3) is 0.556. The Kier molecular flexibility index (Phi) is 3.17. The lowest BCUT2D eigenvalue weighted by Crippen LogP contribution is -2.24. The summed E-state index contributed by atoms with van der Waals surface area (Å²) in [5.41, 5.74) is 0. The first kappa shape index (κ1) is 10.1. The molecule has 0 saturated carbocycles. The van der Waals surface area contributed by atoms with Crippen molar-refractivity contribution in [2.24, 2.45) is 0 Å². The van der Waals surface area contributed by atoms with Crippen molar-refractivity contribution in [2.75, 3.05) is 25.5 Å². The Bertz CT molecular complexity index is 317. The van der Waals surface area contributed by atoms with Crippen molar-refractivity contribution in [3.05, 3.63) is 16.0 Å². The van der Waals surface area contributed by atoms with E-state index in [1.807, 2.05) is 6.07 Å². The number of nitrogens with zero attached hydrogens (tertiary/aromatic N) is 3. The number of nitrogens with one attached hydrogen (secondary N) is 1. The number of anilines is 1. The highest BCUT2D eigenvalue weighted by atomic mass is 127. The first-order valence-electron chi connectivity index (χ1n) is 4.67. The van der Waals surface area contributed by atoms with Crippen LogP contribution in [-0.4, -0.2) is 41.0 Å². The number of halogens is 1. The molecule has 0 bridgehead atoms. The van der Waals surface area contributed by atoms with Gasteiger partial charge in [0.25, 0.3) is 0 Å². The summed E-state index contributed by atoms with van der Waals surface area (Å²) in [6, 6.07) is 2.39. The van der Waals surface area contributed by atoms with Crippen LogP contribution >= 0.6 is 22.6 Å². The normalized spacial score (nSPS) is 22.6. The summed E-state index contributed by atoms with van der Waals surface area (Å²) in [4.78, 5) is 10.8. The molecule has 1 aromatic heterocycles. The molecule has 1 aliphatic heterocycles. The summed E-state index contributed by atoms with van der Waals surface area (Å²) in [7, 11) is 2.14. The lowest BCUT2D eigenvalue weighted by atomic mass is 10.3. The van der Waals surface area contributed by atoms with E-state index in [1.165, 1.54) is 6.42 Å². The van der Waals surface area contributed by atoms with E-state index in [-0.39, 0.29) is 0 Å². The van der Waals surface area contributed by atoms with E-state index in [0.717, 1.165) is 22.7 Å². The summed E-state index contributed by atoms with van der Waals surface area (Å²) in [6.07, 6.45) is 2.96. The van der Waals surface area contributed by atoms with Crippen molar-refractivity contribution in [1.82, 2.24) is 14.9 Å². The van der Waals surface area contributed by atoms with Gasteiger partial charge in [-0.25, -0.2) is 9.97 Å². The van der Waals surface area contributed by atoms with Gasteiger partial charge in [-0.05, 0) is 48.7 Å². The third kappa shape index (κ3) is 2.54. The topological polar surface area (TPSA) is 41.0 Å². The average molecular weight is 304 g/mol. The molecule has 1 fully saturated rings. The van der Waals surface area contributed by atoms with Crippen LogP contribution in [-0.2, 0) is 0 Å². The van der Waals surface area contributed by atoms with Crippen LogP contribution in [0, 0.1) is 3.70 Å².